The van der Waals surface area contributed by atoms with E-state index in [2.05, 4.69) is 10.6 Å². The molecule has 0 aliphatic rings. The van der Waals surface area contributed by atoms with Gasteiger partial charge in [-0.2, -0.15) is 0 Å². The molecule has 2 amide bonds. The van der Waals surface area contributed by atoms with Gasteiger partial charge in [-0.25, -0.2) is 4.39 Å². The van der Waals surface area contributed by atoms with Crippen LogP contribution in [0.15, 0.2) is 54.6 Å². The molecule has 27 heavy (non-hydrogen) atoms. The third-order valence-corrected chi connectivity index (χ3v) is 3.61. The molecule has 0 spiro atoms. The van der Waals surface area contributed by atoms with Gasteiger partial charge in [-0.3, -0.25) is 9.59 Å². The molecule has 0 atom stereocenters. The number of halogens is 1. The highest BCUT2D eigenvalue weighted by Crippen LogP contribution is 2.12. The second-order valence-corrected chi connectivity index (χ2v) is 5.94. The third-order valence-electron chi connectivity index (χ3n) is 3.61. The predicted molar refractivity (Wildman–Crippen MR) is 104 cm³/mol. The summed E-state index contributed by atoms with van der Waals surface area (Å²) in [6.07, 6.45) is 4.76. The first-order valence-corrected chi connectivity index (χ1v) is 8.75. The normalized spacial score (nSPS) is 10.6. The lowest BCUT2D eigenvalue weighted by atomic mass is 10.2. The molecular formula is C21H23FN2O3. The molecule has 0 saturated carbocycles. The molecule has 0 fully saturated rings. The van der Waals surface area contributed by atoms with E-state index in [1.165, 1.54) is 25.1 Å². The van der Waals surface area contributed by atoms with Gasteiger partial charge in [-0.1, -0.05) is 12.1 Å². The van der Waals surface area contributed by atoms with E-state index < -0.39 is 0 Å². The summed E-state index contributed by atoms with van der Waals surface area (Å²) in [6.45, 7) is 2.52. The third kappa shape index (κ3) is 8.18. The quantitative estimate of drug-likeness (QED) is 0.521. The summed E-state index contributed by atoms with van der Waals surface area (Å²) < 4.78 is 18.3. The van der Waals surface area contributed by atoms with E-state index in [1.54, 1.807) is 30.3 Å². The molecule has 2 rings (SSSR count). The molecule has 0 heterocycles. The summed E-state index contributed by atoms with van der Waals surface area (Å²) in [4.78, 5) is 22.8. The minimum absolute atomic E-state index is 0.124. The van der Waals surface area contributed by atoms with E-state index >= 15 is 0 Å². The zero-order chi connectivity index (χ0) is 19.5. The first kappa shape index (κ1) is 20.2. The molecule has 0 unspecified atom stereocenters. The number of hydrogen-bond acceptors (Lipinski definition) is 3. The molecule has 5 nitrogen and oxygen atoms in total. The average Bonchev–Trinajstić information content (AvgIpc) is 2.65. The van der Waals surface area contributed by atoms with Gasteiger partial charge in [0.05, 0.1) is 6.61 Å². The van der Waals surface area contributed by atoms with Crippen molar-refractivity contribution in [1.82, 2.24) is 5.32 Å². The number of carbonyl (C=O) groups excluding carboxylic acids is 2. The zero-order valence-corrected chi connectivity index (χ0v) is 15.2. The van der Waals surface area contributed by atoms with Crippen LogP contribution < -0.4 is 15.4 Å². The molecule has 2 aromatic carbocycles. The van der Waals surface area contributed by atoms with Crippen LogP contribution in [0.4, 0.5) is 10.1 Å². The molecule has 2 N–H and O–H groups in total. The molecule has 0 radical (unpaired) electrons. The van der Waals surface area contributed by atoms with E-state index in [0.29, 0.717) is 24.6 Å². The van der Waals surface area contributed by atoms with E-state index in [0.717, 1.165) is 18.4 Å². The molecule has 0 aliphatic carbocycles. The zero-order valence-electron chi connectivity index (χ0n) is 15.2. The maximum Gasteiger partial charge on any atom is 0.243 e. The summed E-state index contributed by atoms with van der Waals surface area (Å²) in [7, 11) is 0. The van der Waals surface area contributed by atoms with Gasteiger partial charge < -0.3 is 15.4 Å². The minimum Gasteiger partial charge on any atom is -0.494 e. The first-order chi connectivity index (χ1) is 13.0. The van der Waals surface area contributed by atoms with Crippen LogP contribution >= 0.6 is 0 Å². The molecule has 0 aromatic heterocycles. The van der Waals surface area contributed by atoms with Gasteiger partial charge in [0.15, 0.2) is 0 Å². The number of rotatable bonds is 9. The summed E-state index contributed by atoms with van der Waals surface area (Å²) in [5, 5.41) is 5.49. The molecule has 6 heteroatoms. The summed E-state index contributed by atoms with van der Waals surface area (Å²) >= 11 is 0. The minimum atomic E-state index is -0.290. The Balaban J connectivity index is 1.60. The van der Waals surface area contributed by atoms with Crippen LogP contribution in [0.25, 0.3) is 6.08 Å². The number of ether oxygens (including phenoxy) is 1. The Morgan fingerprint density at radius 3 is 2.41 bits per heavy atom. The Morgan fingerprint density at radius 2 is 1.74 bits per heavy atom. The second kappa shape index (κ2) is 10.8. The van der Waals surface area contributed by atoms with Crippen molar-refractivity contribution in [1.29, 1.82) is 0 Å². The Hall–Kier alpha value is -3.15. The topological polar surface area (TPSA) is 67.4 Å². The lowest BCUT2D eigenvalue weighted by Crippen LogP contribution is -2.22. The number of benzene rings is 2. The van der Waals surface area contributed by atoms with Crippen molar-refractivity contribution in [3.05, 3.63) is 66.0 Å². The van der Waals surface area contributed by atoms with Crippen molar-refractivity contribution in [2.45, 2.75) is 19.8 Å². The maximum atomic E-state index is 12.8. The Bertz CT molecular complexity index is 771. The predicted octanol–water partition coefficient (Wildman–Crippen LogP) is 3.77. The Kier molecular flexibility index (Phi) is 8.03. The fraction of sp³-hybridized carbons (Fsp3) is 0.238. The fourth-order valence-electron chi connectivity index (χ4n) is 2.27. The smallest absolute Gasteiger partial charge is 0.243 e. The van der Waals surface area contributed by atoms with E-state index in [4.69, 9.17) is 4.74 Å². The van der Waals surface area contributed by atoms with Crippen molar-refractivity contribution < 1.29 is 18.7 Å². The highest BCUT2D eigenvalue weighted by atomic mass is 19.1. The largest absolute Gasteiger partial charge is 0.494 e. The van der Waals surface area contributed by atoms with E-state index in [9.17, 15) is 14.0 Å². The summed E-state index contributed by atoms with van der Waals surface area (Å²) in [5.74, 6) is 0.0517. The standard InChI is InChI=1S/C21H23FN2O3/c1-16(25)24-19-9-4-17(5-10-19)6-13-21(26)23-14-2-3-15-27-20-11-7-18(22)8-12-20/h4-13H,2-3,14-15H2,1H3,(H,23,26)(H,24,25)/b13-6+. The van der Waals surface area contributed by atoms with Crippen molar-refractivity contribution >= 4 is 23.6 Å². The molecular weight excluding hydrogens is 347 g/mol. The van der Waals surface area contributed by atoms with Gasteiger partial charge in [0.1, 0.15) is 11.6 Å². The van der Waals surface area contributed by atoms with Crippen LogP contribution in [0.1, 0.15) is 25.3 Å². The SMILES string of the molecule is CC(=O)Nc1ccc(/C=C/C(=O)NCCCCOc2ccc(F)cc2)cc1. The summed E-state index contributed by atoms with van der Waals surface area (Å²) in [5.41, 5.74) is 1.58. The van der Waals surface area contributed by atoms with Crippen LogP contribution in [0, 0.1) is 5.82 Å². The van der Waals surface area contributed by atoms with Crippen molar-refractivity contribution in [2.24, 2.45) is 0 Å². The number of anilines is 1. The Morgan fingerprint density at radius 1 is 1.04 bits per heavy atom. The monoisotopic (exact) mass is 370 g/mol. The van der Waals surface area contributed by atoms with E-state index in [1.807, 2.05) is 12.1 Å². The van der Waals surface area contributed by atoms with Gasteiger partial charge in [0.25, 0.3) is 0 Å². The molecule has 0 aliphatic heterocycles. The van der Waals surface area contributed by atoms with Crippen molar-refractivity contribution in [3.8, 4) is 5.75 Å². The number of carbonyl (C=O) groups is 2. The summed E-state index contributed by atoms with van der Waals surface area (Å²) in [6, 6.07) is 13.1. The highest BCUT2D eigenvalue weighted by molar-refractivity contribution is 5.92. The molecule has 142 valence electrons. The van der Waals surface area contributed by atoms with Gasteiger partial charge in [-0.15, -0.1) is 0 Å². The van der Waals surface area contributed by atoms with Gasteiger partial charge in [-0.05, 0) is 60.9 Å². The molecule has 0 saturated heterocycles. The van der Waals surface area contributed by atoms with Gasteiger partial charge >= 0.3 is 0 Å². The van der Waals surface area contributed by atoms with Crippen LogP contribution in [0.3, 0.4) is 0 Å². The van der Waals surface area contributed by atoms with Crippen LogP contribution in [-0.2, 0) is 9.59 Å². The van der Waals surface area contributed by atoms with Gasteiger partial charge in [0, 0.05) is 25.2 Å². The first-order valence-electron chi connectivity index (χ1n) is 8.75. The number of amides is 2. The van der Waals surface area contributed by atoms with Crippen LogP contribution in [0.5, 0.6) is 5.75 Å². The lowest BCUT2D eigenvalue weighted by Gasteiger charge is -2.06. The van der Waals surface area contributed by atoms with Crippen molar-refractivity contribution in [3.63, 3.8) is 0 Å². The van der Waals surface area contributed by atoms with Crippen molar-refractivity contribution in [2.75, 3.05) is 18.5 Å². The Labute approximate surface area is 158 Å². The highest BCUT2D eigenvalue weighted by Gasteiger charge is 1.98. The number of nitrogens with one attached hydrogen (secondary N) is 2. The lowest BCUT2D eigenvalue weighted by molar-refractivity contribution is -0.116. The number of unbranched alkanes of at least 4 members (excludes halogenated alkanes) is 1. The second-order valence-electron chi connectivity index (χ2n) is 5.94. The molecule has 0 bridgehead atoms. The van der Waals surface area contributed by atoms with Crippen LogP contribution in [0.2, 0.25) is 0 Å². The maximum absolute atomic E-state index is 12.8. The number of hydrogen-bond donors (Lipinski definition) is 2. The van der Waals surface area contributed by atoms with Crippen LogP contribution in [-0.4, -0.2) is 25.0 Å². The van der Waals surface area contributed by atoms with E-state index in [-0.39, 0.29) is 17.6 Å². The van der Waals surface area contributed by atoms with Gasteiger partial charge in [0.2, 0.25) is 11.8 Å². The average molecular weight is 370 g/mol. The fourth-order valence-corrected chi connectivity index (χ4v) is 2.27. The molecule has 2 aromatic rings.